The topological polar surface area (TPSA) is 87.7 Å². The van der Waals surface area contributed by atoms with Gasteiger partial charge >= 0.3 is 29.6 Å². The molecule has 0 saturated heterocycles. The normalized spacial score (nSPS) is 17.8. The third-order valence-electron chi connectivity index (χ3n) is 6.30. The van der Waals surface area contributed by atoms with Crippen molar-refractivity contribution in [2.45, 2.75) is 50.9 Å². The second-order valence-electron chi connectivity index (χ2n) is 8.50. The van der Waals surface area contributed by atoms with Crippen LogP contribution in [0.5, 0.6) is 17.2 Å². The number of hydrogen-bond donors (Lipinski definition) is 1. The minimum absolute atomic E-state index is 0. The molecule has 2 aromatic carbocycles. The number of carboxylic acids is 1. The first-order chi connectivity index (χ1) is 15.5. The molecule has 33 heavy (non-hydrogen) atoms. The number of halogens is 1. The summed E-state index contributed by atoms with van der Waals surface area (Å²) in [6.45, 7) is 0.983. The maximum Gasteiger partial charge on any atom is 1.00 e. The molecule has 4 rings (SSSR count). The fraction of sp³-hybridized carbons (Fsp3) is 0.440. The Kier molecular flexibility index (Phi) is 9.50. The molecule has 1 amide bonds. The molecule has 6 nitrogen and oxygen atoms in total. The average Bonchev–Trinajstić information content (AvgIpc) is 2.80. The summed E-state index contributed by atoms with van der Waals surface area (Å²) in [6.07, 6.45) is 7.86. The van der Waals surface area contributed by atoms with E-state index in [9.17, 15) is 14.7 Å². The fourth-order valence-corrected chi connectivity index (χ4v) is 4.69. The second kappa shape index (κ2) is 12.1. The van der Waals surface area contributed by atoms with Gasteiger partial charge in [-0.2, -0.15) is 0 Å². The molecule has 0 radical (unpaired) electrons. The van der Waals surface area contributed by atoms with Crippen LogP contribution >= 0.6 is 11.6 Å². The molecular weight excluding hydrogens is 453 g/mol. The van der Waals surface area contributed by atoms with Gasteiger partial charge in [-0.15, -0.1) is 0 Å². The predicted octanol–water partition coefficient (Wildman–Crippen LogP) is 1.45. The van der Waals surface area contributed by atoms with E-state index in [2.05, 4.69) is 5.32 Å². The number of ether oxygens (including phenoxy) is 2. The van der Waals surface area contributed by atoms with Crippen molar-refractivity contribution in [3.05, 3.63) is 52.5 Å². The van der Waals surface area contributed by atoms with Crippen LogP contribution in [0.4, 0.5) is 0 Å². The van der Waals surface area contributed by atoms with Crippen LogP contribution in [0.25, 0.3) is 0 Å². The van der Waals surface area contributed by atoms with E-state index in [1.807, 2.05) is 0 Å². The van der Waals surface area contributed by atoms with Crippen LogP contribution in [-0.2, 0) is 4.79 Å². The Labute approximate surface area is 221 Å². The van der Waals surface area contributed by atoms with Gasteiger partial charge in [0.15, 0.2) is 0 Å². The molecule has 1 fully saturated rings. The number of amides is 1. The van der Waals surface area contributed by atoms with E-state index in [0.29, 0.717) is 41.3 Å². The molecule has 1 N–H and O–H groups in total. The van der Waals surface area contributed by atoms with E-state index in [1.54, 1.807) is 36.4 Å². The van der Waals surface area contributed by atoms with E-state index < -0.39 is 11.9 Å². The van der Waals surface area contributed by atoms with Crippen LogP contribution in [0, 0.1) is 5.92 Å². The minimum atomic E-state index is -1.15. The van der Waals surface area contributed by atoms with Gasteiger partial charge in [-0.3, -0.25) is 4.79 Å². The Hall–Kier alpha value is -1.73. The summed E-state index contributed by atoms with van der Waals surface area (Å²) in [5.41, 5.74) is 1.06. The van der Waals surface area contributed by atoms with Gasteiger partial charge < -0.3 is 24.7 Å². The van der Waals surface area contributed by atoms with Gasteiger partial charge in [0.1, 0.15) is 17.2 Å². The summed E-state index contributed by atoms with van der Waals surface area (Å²) >= 11 is 6.33. The standard InChI is InChI=1S/C25H28ClNO5.Na/c26-21-14-20-19(25(29)30)11-13-31-22(20)15-23(21)32-18-8-6-17(7-9-18)24(28)27-12-10-16-4-2-1-3-5-16;/h6-9,14-16,19H,1-5,10-13H2,(H,27,28)(H,29,30);/q;+1/p-1. The maximum atomic E-state index is 12.4. The number of carbonyl (C=O) groups excluding carboxylic acids is 2. The summed E-state index contributed by atoms with van der Waals surface area (Å²) in [5.74, 6) is 0.0342. The smallest absolute Gasteiger partial charge is 0.549 e. The summed E-state index contributed by atoms with van der Waals surface area (Å²) in [4.78, 5) is 23.8. The fourth-order valence-electron chi connectivity index (χ4n) is 4.48. The van der Waals surface area contributed by atoms with E-state index in [0.717, 1.165) is 12.3 Å². The Morgan fingerprint density at radius 2 is 1.82 bits per heavy atom. The molecular formula is C25H27ClNNaO5. The van der Waals surface area contributed by atoms with Crippen LogP contribution in [-0.4, -0.2) is 25.0 Å². The van der Waals surface area contributed by atoms with Crippen LogP contribution in [0.2, 0.25) is 5.02 Å². The molecule has 1 unspecified atom stereocenters. The van der Waals surface area contributed by atoms with Gasteiger partial charge in [-0.1, -0.05) is 43.7 Å². The molecule has 1 heterocycles. The molecule has 0 aromatic heterocycles. The number of carbonyl (C=O) groups is 2. The summed E-state index contributed by atoms with van der Waals surface area (Å²) in [5, 5.41) is 14.6. The summed E-state index contributed by atoms with van der Waals surface area (Å²) in [7, 11) is 0. The van der Waals surface area contributed by atoms with Crippen molar-refractivity contribution < 1.29 is 53.7 Å². The van der Waals surface area contributed by atoms with Crippen molar-refractivity contribution in [2.75, 3.05) is 13.2 Å². The van der Waals surface area contributed by atoms with Gasteiger partial charge in [0, 0.05) is 35.6 Å². The SMILES string of the molecule is O=C(NCCC1CCCCC1)c1ccc(Oc2cc3c(cc2Cl)C(C(=O)[O-])CCO3)cc1.[Na+]. The van der Waals surface area contributed by atoms with Crippen molar-refractivity contribution in [1.29, 1.82) is 0 Å². The molecule has 170 valence electrons. The van der Waals surface area contributed by atoms with Crippen LogP contribution in [0.1, 0.15) is 66.8 Å². The zero-order valence-corrected chi connectivity index (χ0v) is 21.7. The van der Waals surface area contributed by atoms with Gasteiger partial charge in [0.2, 0.25) is 0 Å². The zero-order chi connectivity index (χ0) is 22.5. The summed E-state index contributed by atoms with van der Waals surface area (Å²) < 4.78 is 11.4. The largest absolute Gasteiger partial charge is 1.00 e. The van der Waals surface area contributed by atoms with Crippen LogP contribution in [0.15, 0.2) is 36.4 Å². The number of hydrogen-bond acceptors (Lipinski definition) is 5. The molecule has 1 aliphatic carbocycles. The third kappa shape index (κ3) is 6.66. The predicted molar refractivity (Wildman–Crippen MR) is 119 cm³/mol. The van der Waals surface area contributed by atoms with E-state index >= 15 is 0 Å². The van der Waals surface area contributed by atoms with Gasteiger partial charge in [-0.25, -0.2) is 0 Å². The van der Waals surface area contributed by atoms with Crippen molar-refractivity contribution in [3.8, 4) is 17.2 Å². The van der Waals surface area contributed by atoms with Crippen LogP contribution in [0.3, 0.4) is 0 Å². The van der Waals surface area contributed by atoms with Crippen LogP contribution < -0.4 is 49.5 Å². The minimum Gasteiger partial charge on any atom is -0.549 e. The number of fused-ring (bicyclic) bond motifs is 1. The van der Waals surface area contributed by atoms with Crippen molar-refractivity contribution in [2.24, 2.45) is 5.92 Å². The molecule has 0 spiro atoms. The number of rotatable bonds is 7. The number of carboxylic acid groups (broad SMARTS) is 1. The molecule has 1 saturated carbocycles. The molecule has 1 atom stereocenters. The monoisotopic (exact) mass is 479 g/mol. The number of aliphatic carboxylic acids is 1. The summed E-state index contributed by atoms with van der Waals surface area (Å²) in [6, 6.07) is 9.98. The van der Waals surface area contributed by atoms with E-state index in [1.165, 1.54) is 32.1 Å². The van der Waals surface area contributed by atoms with Gasteiger partial charge in [0.05, 0.1) is 11.6 Å². The zero-order valence-electron chi connectivity index (χ0n) is 18.9. The van der Waals surface area contributed by atoms with E-state index in [-0.39, 0.29) is 47.1 Å². The number of benzene rings is 2. The Balaban J connectivity index is 0.00000306. The first kappa shape index (κ1) is 25.9. The maximum absolute atomic E-state index is 12.4. The third-order valence-corrected chi connectivity index (χ3v) is 6.59. The Morgan fingerprint density at radius 3 is 2.52 bits per heavy atom. The first-order valence-corrected chi connectivity index (χ1v) is 11.6. The first-order valence-electron chi connectivity index (χ1n) is 11.2. The van der Waals surface area contributed by atoms with Gasteiger partial charge in [-0.05, 0) is 49.1 Å². The van der Waals surface area contributed by atoms with Gasteiger partial charge in [0.25, 0.3) is 5.91 Å². The molecule has 2 aromatic rings. The van der Waals surface area contributed by atoms with Crippen molar-refractivity contribution in [1.82, 2.24) is 5.32 Å². The van der Waals surface area contributed by atoms with Crippen molar-refractivity contribution >= 4 is 23.5 Å². The van der Waals surface area contributed by atoms with Crippen molar-refractivity contribution in [3.63, 3.8) is 0 Å². The van der Waals surface area contributed by atoms with E-state index in [4.69, 9.17) is 21.1 Å². The number of nitrogens with one attached hydrogen (secondary N) is 1. The quantitative estimate of drug-likeness (QED) is 0.607. The molecule has 0 bridgehead atoms. The average molecular weight is 480 g/mol. The molecule has 2 aliphatic rings. The molecule has 1 aliphatic heterocycles. The Morgan fingerprint density at radius 1 is 1.09 bits per heavy atom. The molecule has 8 heteroatoms. The second-order valence-corrected chi connectivity index (χ2v) is 8.91. The Bertz CT molecular complexity index is 976.